The summed E-state index contributed by atoms with van der Waals surface area (Å²) in [4.78, 5) is 23.0. The molecule has 0 heterocycles. The Morgan fingerprint density at radius 2 is 1.94 bits per heavy atom. The van der Waals surface area contributed by atoms with Crippen molar-refractivity contribution in [1.82, 2.24) is 0 Å². The molecule has 0 aromatic heterocycles. The van der Waals surface area contributed by atoms with E-state index < -0.39 is 12.0 Å². The third-order valence-electron chi connectivity index (χ3n) is 7.54. The van der Waals surface area contributed by atoms with Crippen molar-refractivity contribution in [3.8, 4) is 5.75 Å². The standard InChI is InChI=1S/C27H41NO6/c1-3-4-5-9-20(34-27(32)17(2)28)10-7-11-21-22-13-18-8-6-12-25(33-16-26(30)31)23(18)14-19(22)15-24(21)29/h6,8,12,17,19-22,24,29H,3-5,7,9-11,13-16,28H2,1-2H3,(H,30,31)/t17?,19-,20-,21+,22-,24+/m0/s1. The van der Waals surface area contributed by atoms with E-state index in [1.165, 1.54) is 5.56 Å². The minimum absolute atomic E-state index is 0.111. The van der Waals surface area contributed by atoms with Gasteiger partial charge in [0.2, 0.25) is 0 Å². The molecule has 0 spiro atoms. The van der Waals surface area contributed by atoms with Gasteiger partial charge in [-0.05, 0) is 93.2 Å². The van der Waals surface area contributed by atoms with Crippen LogP contribution in [0.3, 0.4) is 0 Å². The lowest BCUT2D eigenvalue weighted by Crippen LogP contribution is -2.32. The molecule has 0 saturated heterocycles. The number of aliphatic hydroxyl groups excluding tert-OH is 1. The maximum atomic E-state index is 12.0. The molecule has 2 aliphatic carbocycles. The van der Waals surface area contributed by atoms with Crippen molar-refractivity contribution in [1.29, 1.82) is 0 Å². The highest BCUT2D eigenvalue weighted by atomic mass is 16.5. The molecule has 1 aromatic carbocycles. The largest absolute Gasteiger partial charge is 0.482 e. The Balaban J connectivity index is 1.59. The van der Waals surface area contributed by atoms with Crippen LogP contribution in [0.4, 0.5) is 0 Å². The van der Waals surface area contributed by atoms with Crippen LogP contribution < -0.4 is 10.5 Å². The topological polar surface area (TPSA) is 119 Å². The summed E-state index contributed by atoms with van der Waals surface area (Å²) in [6.07, 6.45) is 8.76. The number of benzene rings is 1. The average Bonchev–Trinajstić information content (AvgIpc) is 3.10. The van der Waals surface area contributed by atoms with Gasteiger partial charge in [0.1, 0.15) is 17.9 Å². The van der Waals surface area contributed by atoms with Gasteiger partial charge in [-0.2, -0.15) is 0 Å². The summed E-state index contributed by atoms with van der Waals surface area (Å²) in [5.41, 5.74) is 7.99. The summed E-state index contributed by atoms with van der Waals surface area (Å²) in [7, 11) is 0. The maximum absolute atomic E-state index is 12.0. The second-order valence-electron chi connectivity index (χ2n) is 10.1. The third kappa shape index (κ3) is 6.95. The van der Waals surface area contributed by atoms with Crippen LogP contribution in [0.1, 0.15) is 76.3 Å². The van der Waals surface area contributed by atoms with Crippen molar-refractivity contribution in [2.45, 2.75) is 96.3 Å². The number of nitrogens with two attached hydrogens (primary N) is 1. The summed E-state index contributed by atoms with van der Waals surface area (Å²) in [5, 5.41) is 19.9. The highest BCUT2D eigenvalue weighted by Crippen LogP contribution is 2.48. The molecule has 1 unspecified atom stereocenters. The number of aliphatic carboxylic acids is 1. The summed E-state index contributed by atoms with van der Waals surface area (Å²) in [6, 6.07) is 5.24. The van der Waals surface area contributed by atoms with E-state index in [2.05, 4.69) is 13.0 Å². The molecule has 7 nitrogen and oxygen atoms in total. The van der Waals surface area contributed by atoms with Gasteiger partial charge in [0.05, 0.1) is 6.10 Å². The number of fused-ring (bicyclic) bond motifs is 2. The lowest BCUT2D eigenvalue weighted by Gasteiger charge is -2.32. The van der Waals surface area contributed by atoms with E-state index >= 15 is 0 Å². The molecular weight excluding hydrogens is 434 g/mol. The first-order valence-corrected chi connectivity index (χ1v) is 12.9. The molecule has 34 heavy (non-hydrogen) atoms. The van der Waals surface area contributed by atoms with Gasteiger partial charge >= 0.3 is 11.9 Å². The van der Waals surface area contributed by atoms with Crippen LogP contribution in [-0.2, 0) is 27.2 Å². The van der Waals surface area contributed by atoms with Crippen molar-refractivity contribution >= 4 is 11.9 Å². The van der Waals surface area contributed by atoms with E-state index in [1.54, 1.807) is 6.92 Å². The van der Waals surface area contributed by atoms with Crippen LogP contribution >= 0.6 is 0 Å². The molecule has 190 valence electrons. The highest BCUT2D eigenvalue weighted by Gasteiger charge is 2.44. The third-order valence-corrected chi connectivity index (χ3v) is 7.54. The first-order chi connectivity index (χ1) is 16.3. The fraction of sp³-hybridized carbons (Fsp3) is 0.704. The molecule has 0 bridgehead atoms. The SMILES string of the molecule is CCCCC[C@@H](CCC[C@@H]1[C@H]2Cc3cccc(OCC(=O)O)c3C[C@H]2C[C@H]1O)OC(=O)C(C)N. The first kappa shape index (κ1) is 26.5. The number of carbonyl (C=O) groups is 2. The van der Waals surface area contributed by atoms with Gasteiger partial charge in [0, 0.05) is 0 Å². The minimum atomic E-state index is -0.984. The van der Waals surface area contributed by atoms with Gasteiger partial charge in [-0.25, -0.2) is 4.79 Å². The Morgan fingerprint density at radius 1 is 1.18 bits per heavy atom. The summed E-state index contributed by atoms with van der Waals surface area (Å²) in [6.45, 7) is 3.46. The van der Waals surface area contributed by atoms with E-state index in [1.807, 2.05) is 12.1 Å². The van der Waals surface area contributed by atoms with Gasteiger partial charge in [-0.1, -0.05) is 31.9 Å². The van der Waals surface area contributed by atoms with Gasteiger partial charge in [0.15, 0.2) is 6.61 Å². The number of unbranched alkanes of at least 4 members (excludes halogenated alkanes) is 2. The van der Waals surface area contributed by atoms with E-state index in [0.717, 1.165) is 69.8 Å². The zero-order chi connectivity index (χ0) is 24.7. The van der Waals surface area contributed by atoms with Crippen LogP contribution in [0.5, 0.6) is 5.75 Å². The van der Waals surface area contributed by atoms with Crippen molar-refractivity contribution in [3.05, 3.63) is 29.3 Å². The lowest BCUT2D eigenvalue weighted by molar-refractivity contribution is -0.151. The summed E-state index contributed by atoms with van der Waals surface area (Å²) in [5.74, 6) is 0.333. The number of hydrogen-bond donors (Lipinski definition) is 3. The predicted octanol–water partition coefficient (Wildman–Crippen LogP) is 3.87. The van der Waals surface area contributed by atoms with E-state index in [-0.39, 0.29) is 30.7 Å². The Kier molecular flexibility index (Phi) is 9.77. The van der Waals surface area contributed by atoms with Crippen LogP contribution in [0, 0.1) is 17.8 Å². The number of carbonyl (C=O) groups excluding carboxylic acids is 1. The number of carboxylic acid groups (broad SMARTS) is 1. The van der Waals surface area contributed by atoms with Gasteiger partial charge in [-0.3, -0.25) is 4.79 Å². The van der Waals surface area contributed by atoms with Gasteiger partial charge in [-0.15, -0.1) is 0 Å². The molecule has 3 rings (SSSR count). The second-order valence-corrected chi connectivity index (χ2v) is 10.1. The zero-order valence-electron chi connectivity index (χ0n) is 20.6. The zero-order valence-corrected chi connectivity index (χ0v) is 20.6. The fourth-order valence-electron chi connectivity index (χ4n) is 5.82. The fourth-order valence-corrected chi connectivity index (χ4v) is 5.82. The Labute approximate surface area is 203 Å². The number of aliphatic hydroxyl groups is 1. The average molecular weight is 476 g/mol. The molecule has 1 saturated carbocycles. The van der Waals surface area contributed by atoms with E-state index in [9.17, 15) is 14.7 Å². The van der Waals surface area contributed by atoms with Crippen molar-refractivity contribution in [2.24, 2.45) is 23.5 Å². The summed E-state index contributed by atoms with van der Waals surface area (Å²) >= 11 is 0. The monoisotopic (exact) mass is 475 g/mol. The smallest absolute Gasteiger partial charge is 0.341 e. The molecular formula is C27H41NO6. The second kappa shape index (κ2) is 12.5. The maximum Gasteiger partial charge on any atom is 0.341 e. The van der Waals surface area contributed by atoms with Crippen LogP contribution in [0.2, 0.25) is 0 Å². The molecule has 0 radical (unpaired) electrons. The van der Waals surface area contributed by atoms with Crippen LogP contribution in [0.15, 0.2) is 18.2 Å². The minimum Gasteiger partial charge on any atom is -0.482 e. The molecule has 2 aliphatic rings. The molecule has 6 atom stereocenters. The van der Waals surface area contributed by atoms with Gasteiger partial charge < -0.3 is 25.4 Å². The Bertz CT molecular complexity index is 825. The molecule has 4 N–H and O–H groups in total. The first-order valence-electron chi connectivity index (χ1n) is 12.9. The van der Waals surface area contributed by atoms with E-state index in [4.69, 9.17) is 20.3 Å². The number of ether oxygens (including phenoxy) is 2. The number of hydrogen-bond acceptors (Lipinski definition) is 6. The molecule has 7 heteroatoms. The Hall–Kier alpha value is -2.12. The Morgan fingerprint density at radius 3 is 2.65 bits per heavy atom. The summed E-state index contributed by atoms with van der Waals surface area (Å²) < 4.78 is 11.2. The van der Waals surface area contributed by atoms with Crippen molar-refractivity contribution < 1.29 is 29.3 Å². The number of carboxylic acids is 1. The number of esters is 1. The molecule has 0 aliphatic heterocycles. The molecule has 0 amide bonds. The van der Waals surface area contributed by atoms with Crippen molar-refractivity contribution in [2.75, 3.05) is 6.61 Å². The highest BCUT2D eigenvalue weighted by molar-refractivity contribution is 5.75. The number of rotatable bonds is 13. The predicted molar refractivity (Wildman–Crippen MR) is 130 cm³/mol. The van der Waals surface area contributed by atoms with Crippen molar-refractivity contribution in [3.63, 3.8) is 0 Å². The molecule has 1 aromatic rings. The van der Waals surface area contributed by atoms with E-state index in [0.29, 0.717) is 17.6 Å². The lowest BCUT2D eigenvalue weighted by atomic mass is 9.73. The van der Waals surface area contributed by atoms with Crippen LogP contribution in [0.25, 0.3) is 0 Å². The van der Waals surface area contributed by atoms with Gasteiger partial charge in [0.25, 0.3) is 0 Å². The van der Waals surface area contributed by atoms with Crippen LogP contribution in [-0.4, -0.2) is 47.0 Å². The molecule has 1 fully saturated rings. The quantitative estimate of drug-likeness (QED) is 0.293. The normalized spacial score (nSPS) is 25.2.